The van der Waals surface area contributed by atoms with Crippen LogP contribution in [-0.2, 0) is 6.54 Å². The molecule has 0 radical (unpaired) electrons. The van der Waals surface area contributed by atoms with Crippen LogP contribution in [0.15, 0.2) is 12.4 Å². The molecule has 0 saturated heterocycles. The van der Waals surface area contributed by atoms with Crippen LogP contribution in [0.4, 0.5) is 5.95 Å². The normalized spacial score (nSPS) is 10.5. The van der Waals surface area contributed by atoms with E-state index in [1.165, 1.54) is 25.7 Å². The number of rotatable bonds is 8. The van der Waals surface area contributed by atoms with E-state index in [-0.39, 0.29) is 0 Å². The molecule has 0 aliphatic carbocycles. The highest BCUT2D eigenvalue weighted by atomic mass is 15.2. The fourth-order valence-corrected chi connectivity index (χ4v) is 1.60. The molecule has 0 aliphatic heterocycles. The number of imidazole rings is 1. The maximum atomic E-state index is 4.30. The van der Waals surface area contributed by atoms with E-state index in [4.69, 9.17) is 0 Å². The first-order valence-corrected chi connectivity index (χ1v) is 6.13. The molecule has 1 rings (SSSR count). The van der Waals surface area contributed by atoms with Crippen molar-refractivity contribution in [3.8, 4) is 0 Å². The van der Waals surface area contributed by atoms with Gasteiger partial charge in [0.1, 0.15) is 0 Å². The van der Waals surface area contributed by atoms with Crippen LogP contribution in [0.5, 0.6) is 0 Å². The first-order valence-electron chi connectivity index (χ1n) is 6.13. The zero-order chi connectivity index (χ0) is 10.9. The minimum atomic E-state index is 1.01. The smallest absolute Gasteiger partial charge is 0.202 e. The summed E-state index contributed by atoms with van der Waals surface area (Å²) in [5.41, 5.74) is 0. The van der Waals surface area contributed by atoms with Gasteiger partial charge in [-0.2, -0.15) is 0 Å². The lowest BCUT2D eigenvalue weighted by atomic mass is 10.2. The highest BCUT2D eigenvalue weighted by Crippen LogP contribution is 2.08. The lowest BCUT2D eigenvalue weighted by Gasteiger charge is -2.08. The number of nitrogens with zero attached hydrogens (tertiary/aromatic N) is 2. The Morgan fingerprint density at radius 1 is 1.20 bits per heavy atom. The molecule has 1 N–H and O–H groups in total. The highest BCUT2D eigenvalue weighted by Gasteiger charge is 2.00. The van der Waals surface area contributed by atoms with Gasteiger partial charge in [-0.15, -0.1) is 0 Å². The van der Waals surface area contributed by atoms with Crippen molar-refractivity contribution < 1.29 is 0 Å². The zero-order valence-corrected chi connectivity index (χ0v) is 10.00. The number of aryl methyl sites for hydroxylation is 1. The van der Waals surface area contributed by atoms with Gasteiger partial charge in [-0.25, -0.2) is 4.98 Å². The minimum Gasteiger partial charge on any atom is -0.356 e. The largest absolute Gasteiger partial charge is 0.356 e. The van der Waals surface area contributed by atoms with Gasteiger partial charge >= 0.3 is 0 Å². The molecule has 86 valence electrons. The molecule has 0 fully saturated rings. The minimum absolute atomic E-state index is 1.01. The maximum absolute atomic E-state index is 4.30. The number of hydrogen-bond acceptors (Lipinski definition) is 2. The Balaban J connectivity index is 2.29. The second-order valence-corrected chi connectivity index (χ2v) is 3.93. The Morgan fingerprint density at radius 2 is 2.07 bits per heavy atom. The van der Waals surface area contributed by atoms with Crippen molar-refractivity contribution in [2.24, 2.45) is 0 Å². The number of nitrogens with one attached hydrogen (secondary N) is 1. The summed E-state index contributed by atoms with van der Waals surface area (Å²) in [6, 6.07) is 0. The number of unbranched alkanes of at least 4 members (excludes halogenated alkanes) is 3. The number of anilines is 1. The molecule has 1 heterocycles. The quantitative estimate of drug-likeness (QED) is 0.666. The van der Waals surface area contributed by atoms with Gasteiger partial charge in [-0.1, -0.05) is 33.1 Å². The molecule has 0 spiro atoms. The van der Waals surface area contributed by atoms with Crippen LogP contribution < -0.4 is 5.32 Å². The highest BCUT2D eigenvalue weighted by molar-refractivity contribution is 5.25. The van der Waals surface area contributed by atoms with Gasteiger partial charge in [0.15, 0.2) is 0 Å². The van der Waals surface area contributed by atoms with Crippen LogP contribution in [0.2, 0.25) is 0 Å². The summed E-state index contributed by atoms with van der Waals surface area (Å²) in [6.45, 7) is 6.50. The summed E-state index contributed by atoms with van der Waals surface area (Å²) >= 11 is 0. The van der Waals surface area contributed by atoms with Crippen molar-refractivity contribution in [3.63, 3.8) is 0 Å². The summed E-state index contributed by atoms with van der Waals surface area (Å²) in [4.78, 5) is 4.30. The van der Waals surface area contributed by atoms with Crippen LogP contribution in [0.1, 0.15) is 46.0 Å². The van der Waals surface area contributed by atoms with Crippen LogP contribution in [0.3, 0.4) is 0 Å². The van der Waals surface area contributed by atoms with Crippen molar-refractivity contribution >= 4 is 5.95 Å². The van der Waals surface area contributed by atoms with E-state index in [9.17, 15) is 0 Å². The molecule has 0 aromatic carbocycles. The Kier molecular flexibility index (Phi) is 5.90. The van der Waals surface area contributed by atoms with E-state index in [2.05, 4.69) is 34.9 Å². The van der Waals surface area contributed by atoms with Crippen molar-refractivity contribution in [3.05, 3.63) is 12.4 Å². The van der Waals surface area contributed by atoms with Crippen molar-refractivity contribution in [2.75, 3.05) is 11.9 Å². The average molecular weight is 209 g/mol. The number of aromatic nitrogens is 2. The first-order chi connectivity index (χ1) is 7.38. The van der Waals surface area contributed by atoms with Crippen LogP contribution in [-0.4, -0.2) is 16.1 Å². The van der Waals surface area contributed by atoms with Crippen molar-refractivity contribution in [2.45, 2.75) is 52.5 Å². The van der Waals surface area contributed by atoms with Gasteiger partial charge in [0.25, 0.3) is 0 Å². The molecule has 3 heteroatoms. The molecule has 0 atom stereocenters. The average Bonchev–Trinajstić information content (AvgIpc) is 2.69. The third kappa shape index (κ3) is 4.36. The van der Waals surface area contributed by atoms with E-state index in [1.807, 2.05) is 6.20 Å². The van der Waals surface area contributed by atoms with Gasteiger partial charge in [0.2, 0.25) is 5.95 Å². The molecule has 0 bridgehead atoms. The third-order valence-corrected chi connectivity index (χ3v) is 2.50. The van der Waals surface area contributed by atoms with Crippen LogP contribution >= 0.6 is 0 Å². The summed E-state index contributed by atoms with van der Waals surface area (Å²) in [5, 5.41) is 3.34. The Bertz CT molecular complexity index is 255. The van der Waals surface area contributed by atoms with E-state index in [0.29, 0.717) is 0 Å². The van der Waals surface area contributed by atoms with Gasteiger partial charge in [-0.05, 0) is 12.8 Å². The van der Waals surface area contributed by atoms with Gasteiger partial charge in [-0.3, -0.25) is 0 Å². The summed E-state index contributed by atoms with van der Waals surface area (Å²) in [5.74, 6) is 1.02. The van der Waals surface area contributed by atoms with E-state index >= 15 is 0 Å². The zero-order valence-electron chi connectivity index (χ0n) is 10.00. The summed E-state index contributed by atoms with van der Waals surface area (Å²) < 4.78 is 2.21. The predicted octanol–water partition coefficient (Wildman–Crippen LogP) is 3.29. The summed E-state index contributed by atoms with van der Waals surface area (Å²) in [6.07, 6.45) is 10.3. The van der Waals surface area contributed by atoms with Gasteiger partial charge < -0.3 is 9.88 Å². The monoisotopic (exact) mass is 209 g/mol. The predicted molar refractivity (Wildman–Crippen MR) is 65.1 cm³/mol. The van der Waals surface area contributed by atoms with Gasteiger partial charge in [0.05, 0.1) is 0 Å². The standard InChI is InChI=1S/C12H23N3/c1-3-5-6-7-10-15-11-9-14-12(15)13-8-4-2/h9,11H,3-8,10H2,1-2H3,(H,13,14). The van der Waals surface area contributed by atoms with E-state index in [0.717, 1.165) is 25.5 Å². The molecule has 15 heavy (non-hydrogen) atoms. The lowest BCUT2D eigenvalue weighted by molar-refractivity contribution is 0.585. The molecule has 3 nitrogen and oxygen atoms in total. The number of hydrogen-bond donors (Lipinski definition) is 1. The second-order valence-electron chi connectivity index (χ2n) is 3.93. The van der Waals surface area contributed by atoms with E-state index in [1.54, 1.807) is 0 Å². The Morgan fingerprint density at radius 3 is 2.80 bits per heavy atom. The van der Waals surface area contributed by atoms with Crippen LogP contribution in [0.25, 0.3) is 0 Å². The SMILES string of the molecule is CCCCCCn1ccnc1NCCC. The molecule has 0 aliphatic rings. The third-order valence-electron chi connectivity index (χ3n) is 2.50. The fraction of sp³-hybridized carbons (Fsp3) is 0.750. The van der Waals surface area contributed by atoms with Crippen molar-refractivity contribution in [1.29, 1.82) is 0 Å². The first kappa shape index (κ1) is 12.1. The Hall–Kier alpha value is -0.990. The maximum Gasteiger partial charge on any atom is 0.202 e. The van der Waals surface area contributed by atoms with E-state index < -0.39 is 0 Å². The molecule has 0 unspecified atom stereocenters. The van der Waals surface area contributed by atoms with Gasteiger partial charge in [0, 0.05) is 25.5 Å². The Labute approximate surface area is 92.9 Å². The molecule has 1 aromatic heterocycles. The second kappa shape index (κ2) is 7.32. The molecule has 0 amide bonds. The fourth-order valence-electron chi connectivity index (χ4n) is 1.60. The van der Waals surface area contributed by atoms with Crippen LogP contribution in [0, 0.1) is 0 Å². The molecular weight excluding hydrogens is 186 g/mol. The lowest BCUT2D eigenvalue weighted by Crippen LogP contribution is -2.08. The topological polar surface area (TPSA) is 29.9 Å². The summed E-state index contributed by atoms with van der Waals surface area (Å²) in [7, 11) is 0. The molecular formula is C12H23N3. The molecule has 1 aromatic rings. The molecule has 0 saturated carbocycles. The van der Waals surface area contributed by atoms with Crippen molar-refractivity contribution in [1.82, 2.24) is 9.55 Å².